The number of carbonyl (C=O) groups excluding carboxylic acids is 1. The zero-order chi connectivity index (χ0) is 18.1. The molecule has 1 amide bonds. The molecule has 0 aliphatic carbocycles. The zero-order valence-corrected chi connectivity index (χ0v) is 15.0. The minimum Gasteiger partial charge on any atom is -0.473 e. The van der Waals surface area contributed by atoms with Gasteiger partial charge in [0, 0.05) is 30.9 Å². The third-order valence-corrected chi connectivity index (χ3v) is 4.87. The van der Waals surface area contributed by atoms with Crippen molar-refractivity contribution in [3.8, 4) is 5.88 Å². The Bertz CT molecular complexity index is 803. The lowest BCUT2D eigenvalue weighted by Crippen LogP contribution is -2.67. The number of hydrogen-bond donors (Lipinski definition) is 0. The average molecular weight is 354 g/mol. The van der Waals surface area contributed by atoms with E-state index >= 15 is 0 Å². The van der Waals surface area contributed by atoms with Gasteiger partial charge in [0.2, 0.25) is 5.88 Å². The number of nitrogens with zero attached hydrogens (tertiary/aromatic N) is 4. The Balaban J connectivity index is 1.36. The van der Waals surface area contributed by atoms with Crippen LogP contribution in [0.15, 0.2) is 30.7 Å². The van der Waals surface area contributed by atoms with Crippen LogP contribution in [0.1, 0.15) is 34.6 Å². The second-order valence-electron chi connectivity index (χ2n) is 7.11. The quantitative estimate of drug-likeness (QED) is 0.838. The molecule has 0 radical (unpaired) electrons. The van der Waals surface area contributed by atoms with E-state index in [-0.39, 0.29) is 17.6 Å². The molecule has 0 N–H and O–H groups in total. The molecule has 1 atom stereocenters. The van der Waals surface area contributed by atoms with Gasteiger partial charge in [0.15, 0.2) is 0 Å². The number of pyridine rings is 1. The van der Waals surface area contributed by atoms with E-state index in [4.69, 9.17) is 9.47 Å². The number of aryl methyl sites for hydroxylation is 2. The molecule has 136 valence electrons. The van der Waals surface area contributed by atoms with Crippen LogP contribution in [-0.2, 0) is 4.74 Å². The van der Waals surface area contributed by atoms with Crippen LogP contribution in [0.2, 0.25) is 0 Å². The first-order valence-electron chi connectivity index (χ1n) is 8.84. The summed E-state index contributed by atoms with van der Waals surface area (Å²) in [6, 6.07) is 3.67. The normalized spacial score (nSPS) is 21.3. The van der Waals surface area contributed by atoms with E-state index in [0.717, 1.165) is 24.2 Å². The monoisotopic (exact) mass is 354 g/mol. The predicted octanol–water partition coefficient (Wildman–Crippen LogP) is 1.94. The number of likely N-dealkylation sites (tertiary alicyclic amines) is 1. The van der Waals surface area contributed by atoms with Crippen LogP contribution in [0, 0.1) is 13.8 Å². The molecule has 0 saturated carbocycles. The smallest absolute Gasteiger partial charge is 0.255 e. The molecule has 1 spiro atoms. The fourth-order valence-corrected chi connectivity index (χ4v) is 3.54. The molecule has 0 aromatic carbocycles. The molecule has 2 aromatic rings. The zero-order valence-electron chi connectivity index (χ0n) is 15.0. The fourth-order valence-electron chi connectivity index (χ4n) is 3.54. The minimum atomic E-state index is -0.312. The minimum absolute atomic E-state index is 0.000632. The molecular formula is C19H22N4O3. The summed E-state index contributed by atoms with van der Waals surface area (Å²) in [4.78, 5) is 27.0. The van der Waals surface area contributed by atoms with Gasteiger partial charge in [0.05, 0.1) is 37.2 Å². The summed E-state index contributed by atoms with van der Waals surface area (Å²) >= 11 is 0. The van der Waals surface area contributed by atoms with Gasteiger partial charge >= 0.3 is 0 Å². The molecule has 1 unspecified atom stereocenters. The van der Waals surface area contributed by atoms with Crippen molar-refractivity contribution in [1.29, 1.82) is 0 Å². The largest absolute Gasteiger partial charge is 0.473 e. The van der Waals surface area contributed by atoms with E-state index in [1.807, 2.05) is 26.0 Å². The van der Waals surface area contributed by atoms with Gasteiger partial charge in [-0.05, 0) is 26.0 Å². The molecule has 4 heterocycles. The van der Waals surface area contributed by atoms with Gasteiger partial charge in [-0.25, -0.2) is 4.98 Å². The molecule has 26 heavy (non-hydrogen) atoms. The Morgan fingerprint density at radius 1 is 1.23 bits per heavy atom. The van der Waals surface area contributed by atoms with Crippen molar-refractivity contribution in [2.45, 2.75) is 38.4 Å². The highest BCUT2D eigenvalue weighted by Gasteiger charge is 2.50. The van der Waals surface area contributed by atoms with Gasteiger partial charge in [-0.2, -0.15) is 0 Å². The lowest BCUT2D eigenvalue weighted by molar-refractivity contribution is -0.174. The molecule has 2 fully saturated rings. The highest BCUT2D eigenvalue weighted by atomic mass is 16.5. The van der Waals surface area contributed by atoms with Crippen molar-refractivity contribution >= 4 is 5.91 Å². The SMILES string of the molecule is Cc1ccc(C(=O)N2CC3(CC(Oc4cncc(C)n4)CCO3)C2)cn1. The van der Waals surface area contributed by atoms with E-state index in [0.29, 0.717) is 31.1 Å². The van der Waals surface area contributed by atoms with Gasteiger partial charge in [-0.3, -0.25) is 14.8 Å². The fraction of sp³-hybridized carbons (Fsp3) is 0.474. The third-order valence-electron chi connectivity index (χ3n) is 4.87. The second kappa shape index (κ2) is 6.64. The summed E-state index contributed by atoms with van der Waals surface area (Å²) in [5.74, 6) is 0.546. The maximum atomic E-state index is 12.6. The summed E-state index contributed by atoms with van der Waals surface area (Å²) in [7, 11) is 0. The van der Waals surface area contributed by atoms with Gasteiger partial charge in [-0.15, -0.1) is 0 Å². The van der Waals surface area contributed by atoms with Gasteiger partial charge in [-0.1, -0.05) is 0 Å². The Labute approximate surface area is 152 Å². The second-order valence-corrected chi connectivity index (χ2v) is 7.11. The predicted molar refractivity (Wildman–Crippen MR) is 94.0 cm³/mol. The first-order valence-corrected chi connectivity index (χ1v) is 8.84. The highest BCUT2D eigenvalue weighted by molar-refractivity contribution is 5.94. The van der Waals surface area contributed by atoms with Crippen LogP contribution in [0.25, 0.3) is 0 Å². The maximum absolute atomic E-state index is 12.6. The molecule has 2 aromatic heterocycles. The first kappa shape index (κ1) is 16.9. The van der Waals surface area contributed by atoms with E-state index < -0.39 is 0 Å². The van der Waals surface area contributed by atoms with Crippen LogP contribution in [-0.4, -0.2) is 57.2 Å². The summed E-state index contributed by atoms with van der Waals surface area (Å²) in [5.41, 5.74) is 2.03. The molecule has 7 heteroatoms. The summed E-state index contributed by atoms with van der Waals surface area (Å²) in [5, 5.41) is 0. The molecule has 2 saturated heterocycles. The lowest BCUT2D eigenvalue weighted by atomic mass is 9.84. The standard InChI is InChI=1S/C19H22N4O3/c1-13-3-4-15(9-21-13)18(24)23-11-19(12-23)7-16(5-6-25-19)26-17-10-20-8-14(2)22-17/h3-4,8-10,16H,5-7,11-12H2,1-2H3. The maximum Gasteiger partial charge on any atom is 0.255 e. The molecule has 4 rings (SSSR count). The van der Waals surface area contributed by atoms with Gasteiger partial charge in [0.25, 0.3) is 5.91 Å². The topological polar surface area (TPSA) is 77.4 Å². The number of amides is 1. The number of rotatable bonds is 3. The Kier molecular flexibility index (Phi) is 4.32. The van der Waals surface area contributed by atoms with E-state index in [9.17, 15) is 4.79 Å². The molecule has 2 aliphatic heterocycles. The van der Waals surface area contributed by atoms with E-state index in [2.05, 4.69) is 15.0 Å². The summed E-state index contributed by atoms with van der Waals surface area (Å²) in [6.07, 6.45) is 6.56. The van der Waals surface area contributed by atoms with Crippen molar-refractivity contribution in [2.75, 3.05) is 19.7 Å². The van der Waals surface area contributed by atoms with Crippen molar-refractivity contribution in [3.05, 3.63) is 47.7 Å². The molecule has 0 bridgehead atoms. The number of hydrogen-bond acceptors (Lipinski definition) is 6. The number of aromatic nitrogens is 3. The van der Waals surface area contributed by atoms with E-state index in [1.165, 1.54) is 0 Å². The first-order chi connectivity index (χ1) is 12.5. The summed E-state index contributed by atoms with van der Waals surface area (Å²) < 4.78 is 12.0. The number of ether oxygens (including phenoxy) is 2. The van der Waals surface area contributed by atoms with Crippen LogP contribution in [0.5, 0.6) is 5.88 Å². The van der Waals surface area contributed by atoms with Crippen molar-refractivity contribution in [1.82, 2.24) is 19.9 Å². The molecular weight excluding hydrogens is 332 g/mol. The van der Waals surface area contributed by atoms with Crippen LogP contribution in [0.3, 0.4) is 0 Å². The van der Waals surface area contributed by atoms with Gasteiger partial charge in [0.1, 0.15) is 11.7 Å². The molecule has 2 aliphatic rings. The average Bonchev–Trinajstić information content (AvgIpc) is 2.60. The Hall–Kier alpha value is -2.54. The van der Waals surface area contributed by atoms with Crippen molar-refractivity contribution < 1.29 is 14.3 Å². The Morgan fingerprint density at radius 2 is 2.08 bits per heavy atom. The van der Waals surface area contributed by atoms with E-state index in [1.54, 1.807) is 23.5 Å². The highest BCUT2D eigenvalue weighted by Crippen LogP contribution is 2.36. The van der Waals surface area contributed by atoms with Crippen molar-refractivity contribution in [2.24, 2.45) is 0 Å². The Morgan fingerprint density at radius 3 is 2.81 bits per heavy atom. The van der Waals surface area contributed by atoms with Crippen molar-refractivity contribution in [3.63, 3.8) is 0 Å². The van der Waals surface area contributed by atoms with Crippen LogP contribution >= 0.6 is 0 Å². The van der Waals surface area contributed by atoms with Crippen LogP contribution in [0.4, 0.5) is 0 Å². The summed E-state index contributed by atoms with van der Waals surface area (Å²) in [6.45, 7) is 5.58. The van der Waals surface area contributed by atoms with Crippen LogP contribution < -0.4 is 4.74 Å². The van der Waals surface area contributed by atoms with Gasteiger partial charge < -0.3 is 14.4 Å². The third kappa shape index (κ3) is 3.39. The molecule has 7 nitrogen and oxygen atoms in total. The lowest BCUT2D eigenvalue weighted by Gasteiger charge is -2.52. The number of carbonyl (C=O) groups is 1.